The van der Waals surface area contributed by atoms with Crippen molar-refractivity contribution in [2.24, 2.45) is 0 Å². The molecule has 0 atom stereocenters. The molecule has 6 heteroatoms. The minimum absolute atomic E-state index is 0.169. The predicted molar refractivity (Wildman–Crippen MR) is 102 cm³/mol. The second-order valence-electron chi connectivity index (χ2n) is 6.44. The van der Waals surface area contributed by atoms with E-state index in [-0.39, 0.29) is 5.69 Å². The average molecular weight is 367 g/mol. The fraction of sp³-hybridized carbons (Fsp3) is 0.143. The summed E-state index contributed by atoms with van der Waals surface area (Å²) in [5.74, 6) is -2.45. The van der Waals surface area contributed by atoms with Gasteiger partial charge in [0.15, 0.2) is 11.6 Å². The Bertz CT molecular complexity index is 995. The summed E-state index contributed by atoms with van der Waals surface area (Å²) in [5.41, 5.74) is 5.43. The maximum absolute atomic E-state index is 13.3. The Morgan fingerprint density at radius 2 is 1.59 bits per heavy atom. The van der Waals surface area contributed by atoms with Crippen LogP contribution in [-0.4, -0.2) is 10.9 Å². The van der Waals surface area contributed by atoms with E-state index >= 15 is 0 Å². The number of anilines is 3. The summed E-state index contributed by atoms with van der Waals surface area (Å²) in [6.07, 6.45) is 3.03. The van der Waals surface area contributed by atoms with Gasteiger partial charge in [0, 0.05) is 23.6 Å². The highest BCUT2D eigenvalue weighted by Gasteiger charge is 2.11. The highest BCUT2D eigenvalue weighted by Crippen LogP contribution is 2.26. The van der Waals surface area contributed by atoms with E-state index in [1.807, 2.05) is 20.8 Å². The lowest BCUT2D eigenvalue weighted by Crippen LogP contribution is -2.13. The quantitative estimate of drug-likeness (QED) is 0.659. The monoisotopic (exact) mass is 367 g/mol. The molecule has 2 aromatic carbocycles. The van der Waals surface area contributed by atoms with Crippen LogP contribution in [0.2, 0.25) is 0 Å². The first-order chi connectivity index (χ1) is 12.8. The van der Waals surface area contributed by atoms with E-state index in [0.29, 0.717) is 11.3 Å². The lowest BCUT2D eigenvalue weighted by molar-refractivity contribution is 0.102. The van der Waals surface area contributed by atoms with Gasteiger partial charge in [0.25, 0.3) is 5.91 Å². The third-order valence-corrected chi connectivity index (χ3v) is 4.12. The molecule has 138 valence electrons. The normalized spacial score (nSPS) is 10.6. The van der Waals surface area contributed by atoms with Gasteiger partial charge >= 0.3 is 0 Å². The molecule has 4 nitrogen and oxygen atoms in total. The van der Waals surface area contributed by atoms with Crippen LogP contribution in [0.25, 0.3) is 0 Å². The molecule has 0 spiro atoms. The minimum atomic E-state index is -1.02. The van der Waals surface area contributed by atoms with Gasteiger partial charge in [-0.05, 0) is 50.1 Å². The number of amides is 1. The molecule has 27 heavy (non-hydrogen) atoms. The van der Waals surface area contributed by atoms with Crippen molar-refractivity contribution in [3.63, 3.8) is 0 Å². The maximum atomic E-state index is 13.3. The number of pyridine rings is 1. The SMILES string of the molecule is Cc1cc(C)c(Nc2cncc(C(=O)Nc3ccc(F)c(F)c3)c2)c(C)c1. The molecule has 0 saturated heterocycles. The van der Waals surface area contributed by atoms with E-state index in [0.717, 1.165) is 28.9 Å². The third-order valence-electron chi connectivity index (χ3n) is 4.12. The summed E-state index contributed by atoms with van der Waals surface area (Å²) in [5, 5.41) is 5.83. The smallest absolute Gasteiger partial charge is 0.257 e. The minimum Gasteiger partial charge on any atom is -0.354 e. The Morgan fingerprint density at radius 3 is 2.26 bits per heavy atom. The van der Waals surface area contributed by atoms with Crippen LogP contribution in [0.15, 0.2) is 48.8 Å². The highest BCUT2D eigenvalue weighted by molar-refractivity contribution is 6.04. The fourth-order valence-electron chi connectivity index (χ4n) is 2.93. The van der Waals surface area contributed by atoms with Crippen LogP contribution in [0.1, 0.15) is 27.0 Å². The lowest BCUT2D eigenvalue weighted by Gasteiger charge is -2.14. The molecule has 0 bridgehead atoms. The standard InChI is InChI=1S/C21H19F2N3O/c1-12-6-13(2)20(14(3)7-12)25-17-8-15(10-24-11-17)21(27)26-16-4-5-18(22)19(23)9-16/h4-11,25H,1-3H3,(H,26,27). The number of hydrogen-bond acceptors (Lipinski definition) is 3. The van der Waals surface area contributed by atoms with Crippen molar-refractivity contribution >= 4 is 23.0 Å². The van der Waals surface area contributed by atoms with Gasteiger partial charge in [-0.1, -0.05) is 17.7 Å². The highest BCUT2D eigenvalue weighted by atomic mass is 19.2. The van der Waals surface area contributed by atoms with Gasteiger partial charge in [0.05, 0.1) is 17.4 Å². The maximum Gasteiger partial charge on any atom is 0.257 e. The third kappa shape index (κ3) is 4.28. The second-order valence-corrected chi connectivity index (χ2v) is 6.44. The Labute approximate surface area is 156 Å². The summed E-state index contributed by atoms with van der Waals surface area (Å²) in [4.78, 5) is 16.5. The molecule has 0 aliphatic heterocycles. The van der Waals surface area contributed by atoms with Crippen molar-refractivity contribution in [2.45, 2.75) is 20.8 Å². The van der Waals surface area contributed by atoms with Gasteiger partial charge in [-0.15, -0.1) is 0 Å². The summed E-state index contributed by atoms with van der Waals surface area (Å²) in [7, 11) is 0. The van der Waals surface area contributed by atoms with Crippen LogP contribution in [0, 0.1) is 32.4 Å². The van der Waals surface area contributed by atoms with Crippen LogP contribution in [0.5, 0.6) is 0 Å². The number of carbonyl (C=O) groups is 1. The van der Waals surface area contributed by atoms with Gasteiger partial charge in [-0.3, -0.25) is 9.78 Å². The first kappa shape index (κ1) is 18.5. The molecule has 0 saturated carbocycles. The number of carbonyl (C=O) groups excluding carboxylic acids is 1. The molecule has 3 aromatic rings. The number of rotatable bonds is 4. The summed E-state index contributed by atoms with van der Waals surface area (Å²) in [6.45, 7) is 6.05. The Kier molecular flexibility index (Phi) is 5.16. The Hall–Kier alpha value is -3.28. The number of aryl methyl sites for hydroxylation is 3. The molecular formula is C21H19F2N3O. The molecule has 3 rings (SSSR count). The molecule has 0 unspecified atom stereocenters. The van der Waals surface area contributed by atoms with E-state index < -0.39 is 17.5 Å². The summed E-state index contributed by atoms with van der Waals surface area (Å²) in [6, 6.07) is 8.99. The van der Waals surface area contributed by atoms with E-state index in [4.69, 9.17) is 0 Å². The second kappa shape index (κ2) is 7.53. The number of nitrogens with zero attached hydrogens (tertiary/aromatic N) is 1. The molecular weight excluding hydrogens is 348 g/mol. The van der Waals surface area contributed by atoms with Crippen LogP contribution in [-0.2, 0) is 0 Å². The van der Waals surface area contributed by atoms with Gasteiger partial charge in [-0.2, -0.15) is 0 Å². The molecule has 0 radical (unpaired) electrons. The zero-order valence-corrected chi connectivity index (χ0v) is 15.2. The van der Waals surface area contributed by atoms with Crippen molar-refractivity contribution in [3.05, 3.63) is 82.7 Å². The van der Waals surface area contributed by atoms with E-state index in [9.17, 15) is 13.6 Å². The largest absolute Gasteiger partial charge is 0.354 e. The van der Waals surface area contributed by atoms with Gasteiger partial charge in [-0.25, -0.2) is 8.78 Å². The molecule has 1 heterocycles. The average Bonchev–Trinajstić information content (AvgIpc) is 2.61. The number of halogens is 2. The fourth-order valence-corrected chi connectivity index (χ4v) is 2.93. The van der Waals surface area contributed by atoms with Crippen LogP contribution in [0.4, 0.5) is 25.8 Å². The lowest BCUT2D eigenvalue weighted by atomic mass is 10.0. The summed E-state index contributed by atoms with van der Waals surface area (Å²) >= 11 is 0. The molecule has 0 aliphatic rings. The van der Waals surface area contributed by atoms with Crippen molar-refractivity contribution < 1.29 is 13.6 Å². The van der Waals surface area contributed by atoms with Gasteiger partial charge in [0.1, 0.15) is 0 Å². The molecule has 1 aromatic heterocycles. The van der Waals surface area contributed by atoms with Crippen LogP contribution in [0.3, 0.4) is 0 Å². The van der Waals surface area contributed by atoms with Crippen molar-refractivity contribution in [3.8, 4) is 0 Å². The topological polar surface area (TPSA) is 54.0 Å². The number of nitrogens with one attached hydrogen (secondary N) is 2. The molecule has 0 fully saturated rings. The van der Waals surface area contributed by atoms with Crippen molar-refractivity contribution in [2.75, 3.05) is 10.6 Å². The molecule has 2 N–H and O–H groups in total. The molecule has 1 amide bonds. The zero-order valence-electron chi connectivity index (χ0n) is 15.2. The predicted octanol–water partition coefficient (Wildman–Crippen LogP) is 5.28. The van der Waals surface area contributed by atoms with Gasteiger partial charge in [0.2, 0.25) is 0 Å². The molecule has 0 aliphatic carbocycles. The van der Waals surface area contributed by atoms with E-state index in [1.165, 1.54) is 17.8 Å². The summed E-state index contributed by atoms with van der Waals surface area (Å²) < 4.78 is 26.3. The first-order valence-corrected chi connectivity index (χ1v) is 8.40. The Morgan fingerprint density at radius 1 is 0.889 bits per heavy atom. The first-order valence-electron chi connectivity index (χ1n) is 8.40. The van der Waals surface area contributed by atoms with E-state index in [1.54, 1.807) is 12.3 Å². The van der Waals surface area contributed by atoms with E-state index in [2.05, 4.69) is 27.8 Å². The van der Waals surface area contributed by atoms with Crippen molar-refractivity contribution in [1.29, 1.82) is 0 Å². The van der Waals surface area contributed by atoms with Crippen LogP contribution < -0.4 is 10.6 Å². The number of benzene rings is 2. The number of aromatic nitrogens is 1. The Balaban J connectivity index is 1.81. The van der Waals surface area contributed by atoms with Crippen molar-refractivity contribution in [1.82, 2.24) is 4.98 Å². The van der Waals surface area contributed by atoms with Crippen LogP contribution >= 0.6 is 0 Å². The van der Waals surface area contributed by atoms with Gasteiger partial charge < -0.3 is 10.6 Å². The number of hydrogen-bond donors (Lipinski definition) is 2. The zero-order chi connectivity index (χ0) is 19.6.